The molecule has 1 saturated heterocycles. The minimum Gasteiger partial charge on any atom is -0.396 e. The number of hydrogen-bond donors (Lipinski definition) is 2. The molecule has 1 amide bonds. The first-order chi connectivity index (χ1) is 11.6. The highest BCUT2D eigenvalue weighted by Crippen LogP contribution is 2.26. The number of carbonyl (C=O) groups is 1. The molecule has 1 aromatic rings. The number of nitrogens with zero attached hydrogens (tertiary/aromatic N) is 3. The summed E-state index contributed by atoms with van der Waals surface area (Å²) < 4.78 is 5.41. The topological polar surface area (TPSA) is 87.6 Å². The number of amides is 1. The van der Waals surface area contributed by atoms with Crippen LogP contribution in [0.25, 0.3) is 0 Å². The molecule has 1 aliphatic heterocycles. The largest absolute Gasteiger partial charge is 0.396 e. The summed E-state index contributed by atoms with van der Waals surface area (Å²) in [5.41, 5.74) is 0. The Morgan fingerprint density at radius 1 is 1.46 bits per heavy atom. The van der Waals surface area contributed by atoms with Crippen molar-refractivity contribution in [1.82, 2.24) is 14.9 Å². The van der Waals surface area contributed by atoms with E-state index in [0.29, 0.717) is 43.7 Å². The molecule has 7 nitrogen and oxygen atoms in total. The summed E-state index contributed by atoms with van der Waals surface area (Å²) in [7, 11) is 1.78. The monoisotopic (exact) mass is 356 g/mol. The van der Waals surface area contributed by atoms with Gasteiger partial charge in [-0.15, -0.1) is 0 Å². The van der Waals surface area contributed by atoms with Crippen LogP contribution in [-0.4, -0.2) is 65.8 Å². The van der Waals surface area contributed by atoms with Crippen molar-refractivity contribution >= 4 is 23.5 Å². The number of aliphatic hydroxyl groups excluding tert-OH is 1. The van der Waals surface area contributed by atoms with Crippen molar-refractivity contribution in [1.29, 1.82) is 0 Å². The quantitative estimate of drug-likeness (QED) is 0.732. The Hall–Kier alpha value is -1.44. The molecule has 0 aliphatic carbocycles. The first kappa shape index (κ1) is 18.9. The molecule has 2 N–H and O–H groups in total. The fourth-order valence-corrected chi connectivity index (χ4v) is 2.98. The van der Waals surface area contributed by atoms with E-state index in [2.05, 4.69) is 15.3 Å². The van der Waals surface area contributed by atoms with Crippen molar-refractivity contribution < 1.29 is 14.6 Å². The molecule has 2 heterocycles. The summed E-state index contributed by atoms with van der Waals surface area (Å²) in [6.07, 6.45) is 5.36. The molecule has 0 spiro atoms. The van der Waals surface area contributed by atoms with E-state index in [-0.39, 0.29) is 24.3 Å². The molecule has 1 aliphatic rings. The number of aromatic nitrogens is 2. The third kappa shape index (κ3) is 5.58. The second-order valence-corrected chi connectivity index (χ2v) is 6.44. The molecular weight excluding hydrogens is 332 g/mol. The van der Waals surface area contributed by atoms with Crippen molar-refractivity contribution in [2.24, 2.45) is 11.8 Å². The number of rotatable bonds is 8. The minimum absolute atomic E-state index is 0.0798. The van der Waals surface area contributed by atoms with E-state index in [0.717, 1.165) is 12.8 Å². The summed E-state index contributed by atoms with van der Waals surface area (Å²) in [5, 5.41) is 12.6. The molecule has 1 aromatic heterocycles. The normalized spacial score (nSPS) is 16.6. The maximum atomic E-state index is 12.8. The van der Waals surface area contributed by atoms with Gasteiger partial charge in [0.15, 0.2) is 0 Å². The first-order valence-corrected chi connectivity index (χ1v) is 8.64. The lowest BCUT2D eigenvalue weighted by molar-refractivity contribution is -0.136. The van der Waals surface area contributed by atoms with Crippen LogP contribution in [0.5, 0.6) is 0 Å². The molecule has 8 heteroatoms. The van der Waals surface area contributed by atoms with Gasteiger partial charge in [0, 0.05) is 40.0 Å². The number of aliphatic hydroxyl groups is 1. The molecule has 0 radical (unpaired) electrons. The predicted molar refractivity (Wildman–Crippen MR) is 91.9 cm³/mol. The van der Waals surface area contributed by atoms with Gasteiger partial charge in [-0.3, -0.25) is 4.79 Å². The first-order valence-electron chi connectivity index (χ1n) is 8.27. The smallest absolute Gasteiger partial charge is 0.227 e. The van der Waals surface area contributed by atoms with Crippen molar-refractivity contribution in [3.63, 3.8) is 0 Å². The number of halogens is 1. The second-order valence-electron chi connectivity index (χ2n) is 6.00. The molecule has 24 heavy (non-hydrogen) atoms. The highest BCUT2D eigenvalue weighted by Gasteiger charge is 2.31. The molecule has 1 unspecified atom stereocenters. The highest BCUT2D eigenvalue weighted by atomic mass is 35.5. The molecular formula is C16H25ClN4O3. The van der Waals surface area contributed by atoms with E-state index in [1.54, 1.807) is 11.9 Å². The van der Waals surface area contributed by atoms with Gasteiger partial charge >= 0.3 is 0 Å². The fourth-order valence-electron chi connectivity index (χ4n) is 2.88. The summed E-state index contributed by atoms with van der Waals surface area (Å²) in [6.45, 7) is 2.47. The van der Waals surface area contributed by atoms with Crippen molar-refractivity contribution in [3.05, 3.63) is 17.4 Å². The van der Waals surface area contributed by atoms with Crippen LogP contribution in [0.4, 0.5) is 5.95 Å². The van der Waals surface area contributed by atoms with Gasteiger partial charge < -0.3 is 20.1 Å². The number of carbonyl (C=O) groups excluding carboxylic acids is 1. The van der Waals surface area contributed by atoms with E-state index in [1.165, 1.54) is 12.4 Å². The summed E-state index contributed by atoms with van der Waals surface area (Å²) in [4.78, 5) is 22.7. The van der Waals surface area contributed by atoms with E-state index in [4.69, 9.17) is 21.4 Å². The third-order valence-electron chi connectivity index (χ3n) is 4.28. The van der Waals surface area contributed by atoms with Crippen molar-refractivity contribution in [2.45, 2.75) is 19.3 Å². The van der Waals surface area contributed by atoms with E-state index in [9.17, 15) is 4.79 Å². The van der Waals surface area contributed by atoms with Gasteiger partial charge in [-0.05, 0) is 25.2 Å². The zero-order valence-electron chi connectivity index (χ0n) is 13.9. The van der Waals surface area contributed by atoms with E-state index in [1.807, 2.05) is 0 Å². The number of ether oxygens (including phenoxy) is 1. The highest BCUT2D eigenvalue weighted by molar-refractivity contribution is 6.30. The van der Waals surface area contributed by atoms with Crippen LogP contribution in [0.2, 0.25) is 5.02 Å². The number of anilines is 1. The van der Waals surface area contributed by atoms with Gasteiger partial charge in [-0.25, -0.2) is 9.97 Å². The van der Waals surface area contributed by atoms with Crippen LogP contribution >= 0.6 is 11.6 Å². The Kier molecular flexibility index (Phi) is 7.68. The molecule has 1 atom stereocenters. The summed E-state index contributed by atoms with van der Waals surface area (Å²) >= 11 is 5.79. The number of nitrogens with one attached hydrogen (secondary N) is 1. The predicted octanol–water partition coefficient (Wildman–Crippen LogP) is 1.43. The van der Waals surface area contributed by atoms with Gasteiger partial charge in [0.1, 0.15) is 0 Å². The molecule has 134 valence electrons. The van der Waals surface area contributed by atoms with Crippen LogP contribution in [0.3, 0.4) is 0 Å². The average Bonchev–Trinajstić information content (AvgIpc) is 2.62. The Bertz CT molecular complexity index is 509. The lowest BCUT2D eigenvalue weighted by Gasteiger charge is -2.32. The SMILES string of the molecule is CN(CCCO)C(=O)C(CNc1ncc(Cl)cn1)C1CCOCC1. The molecule has 0 saturated carbocycles. The van der Waals surface area contributed by atoms with Gasteiger partial charge in [0.25, 0.3) is 0 Å². The second kappa shape index (κ2) is 9.76. The van der Waals surface area contributed by atoms with Crippen LogP contribution in [0, 0.1) is 11.8 Å². The average molecular weight is 357 g/mol. The molecule has 1 fully saturated rings. The summed E-state index contributed by atoms with van der Waals surface area (Å²) in [5.74, 6) is 0.638. The summed E-state index contributed by atoms with van der Waals surface area (Å²) in [6, 6.07) is 0. The Labute approximate surface area is 147 Å². The van der Waals surface area contributed by atoms with E-state index < -0.39 is 0 Å². The zero-order chi connectivity index (χ0) is 17.4. The standard InChI is InChI=1S/C16H25ClN4O3/c1-21(5-2-6-22)15(23)14(12-3-7-24-8-4-12)11-20-16-18-9-13(17)10-19-16/h9-10,12,14,22H,2-8,11H2,1H3,(H,18,19,20). The van der Waals surface area contributed by atoms with Gasteiger partial charge in [-0.1, -0.05) is 11.6 Å². The van der Waals surface area contributed by atoms with Gasteiger partial charge in [-0.2, -0.15) is 0 Å². The Morgan fingerprint density at radius 2 is 2.12 bits per heavy atom. The molecule has 2 rings (SSSR count). The fraction of sp³-hybridized carbons (Fsp3) is 0.688. The minimum atomic E-state index is -0.170. The van der Waals surface area contributed by atoms with Crippen LogP contribution in [-0.2, 0) is 9.53 Å². The maximum absolute atomic E-state index is 12.8. The Morgan fingerprint density at radius 3 is 2.75 bits per heavy atom. The number of hydrogen-bond acceptors (Lipinski definition) is 6. The third-order valence-corrected chi connectivity index (χ3v) is 4.48. The lowest BCUT2D eigenvalue weighted by atomic mass is 9.85. The lowest BCUT2D eigenvalue weighted by Crippen LogP contribution is -2.42. The zero-order valence-corrected chi connectivity index (χ0v) is 14.7. The maximum Gasteiger partial charge on any atom is 0.227 e. The van der Waals surface area contributed by atoms with Crippen LogP contribution in [0.1, 0.15) is 19.3 Å². The molecule has 0 aromatic carbocycles. The van der Waals surface area contributed by atoms with E-state index >= 15 is 0 Å². The van der Waals surface area contributed by atoms with Gasteiger partial charge in [0.05, 0.1) is 23.3 Å². The molecule has 0 bridgehead atoms. The van der Waals surface area contributed by atoms with Gasteiger partial charge in [0.2, 0.25) is 11.9 Å². The van der Waals surface area contributed by atoms with Crippen LogP contribution in [0.15, 0.2) is 12.4 Å². The Balaban J connectivity index is 2.01. The van der Waals surface area contributed by atoms with Crippen molar-refractivity contribution in [2.75, 3.05) is 45.3 Å². The van der Waals surface area contributed by atoms with Crippen molar-refractivity contribution in [3.8, 4) is 0 Å². The van der Waals surface area contributed by atoms with Crippen LogP contribution < -0.4 is 5.32 Å².